The number of likely N-dealkylation sites (tertiary alicyclic amines) is 1. The lowest BCUT2D eigenvalue weighted by Crippen LogP contribution is -2.36. The number of halogens is 1. The van der Waals surface area contributed by atoms with E-state index in [-0.39, 0.29) is 24.0 Å². The number of fused-ring (bicyclic) bond motifs is 3. The molecule has 7 heteroatoms. The number of carboxylic acid groups (broad SMARTS) is 1. The summed E-state index contributed by atoms with van der Waals surface area (Å²) < 4.78 is 4.75. The van der Waals surface area contributed by atoms with E-state index in [0.29, 0.717) is 17.1 Å². The highest BCUT2D eigenvalue weighted by Crippen LogP contribution is 2.51. The lowest BCUT2D eigenvalue weighted by Gasteiger charge is -2.39. The topological polar surface area (TPSA) is 78.9 Å². The van der Waals surface area contributed by atoms with E-state index in [1.807, 2.05) is 24.3 Å². The van der Waals surface area contributed by atoms with Gasteiger partial charge in [-0.3, -0.25) is 0 Å². The molecule has 2 aliphatic heterocycles. The van der Waals surface area contributed by atoms with Gasteiger partial charge < -0.3 is 20.1 Å². The van der Waals surface area contributed by atoms with Crippen LogP contribution in [0.15, 0.2) is 42.5 Å². The highest BCUT2D eigenvalue weighted by molar-refractivity contribution is 6.30. The number of hydrogen-bond acceptors (Lipinski definition) is 4. The summed E-state index contributed by atoms with van der Waals surface area (Å²) in [6.07, 6.45) is -0.172. The van der Waals surface area contributed by atoms with Gasteiger partial charge in [0.2, 0.25) is 0 Å². The Balaban J connectivity index is 1.74. The summed E-state index contributed by atoms with van der Waals surface area (Å²) in [6, 6.07) is 12.5. The molecule has 0 radical (unpaired) electrons. The number of carbonyl (C=O) groups excluding carboxylic acids is 1. The van der Waals surface area contributed by atoms with Gasteiger partial charge in [0.15, 0.2) is 0 Å². The van der Waals surface area contributed by atoms with Crippen LogP contribution in [0.2, 0.25) is 5.02 Å². The van der Waals surface area contributed by atoms with Gasteiger partial charge in [-0.05, 0) is 47.9 Å². The Kier molecular flexibility index (Phi) is 4.44. The van der Waals surface area contributed by atoms with Crippen molar-refractivity contribution in [1.82, 2.24) is 4.90 Å². The second-order valence-electron chi connectivity index (χ2n) is 6.84. The highest BCUT2D eigenvalue weighted by atomic mass is 35.5. The maximum atomic E-state index is 11.8. The molecular weight excluding hydrogens is 368 g/mol. The Morgan fingerprint density at radius 2 is 1.96 bits per heavy atom. The standard InChI is InChI=1S/C20H19ClN2O4/c1-27-19(24)12-4-2-11(3-5-12)17-14-8-9-23(20(25)26)18(14)15-10-13(21)6-7-16(15)22-17/h2-7,10,14,17-18,22H,8-9H2,1H3,(H,25,26). The van der Waals surface area contributed by atoms with Gasteiger partial charge in [-0.2, -0.15) is 0 Å². The fraction of sp³-hybridized carbons (Fsp3) is 0.300. The van der Waals surface area contributed by atoms with Gasteiger partial charge in [-0.1, -0.05) is 23.7 Å². The zero-order valence-corrected chi connectivity index (χ0v) is 15.4. The normalized spacial score (nSPS) is 23.2. The van der Waals surface area contributed by atoms with E-state index in [9.17, 15) is 14.7 Å². The van der Waals surface area contributed by atoms with E-state index in [2.05, 4.69) is 5.32 Å². The summed E-state index contributed by atoms with van der Waals surface area (Å²) in [4.78, 5) is 24.9. The van der Waals surface area contributed by atoms with Crippen LogP contribution in [-0.4, -0.2) is 35.7 Å². The van der Waals surface area contributed by atoms with Gasteiger partial charge in [0.05, 0.1) is 24.8 Å². The monoisotopic (exact) mass is 386 g/mol. The van der Waals surface area contributed by atoms with Crippen LogP contribution in [0.4, 0.5) is 10.5 Å². The van der Waals surface area contributed by atoms with Crippen LogP contribution in [0, 0.1) is 5.92 Å². The molecule has 2 aromatic rings. The molecule has 0 aromatic heterocycles. The molecule has 3 atom stereocenters. The average Bonchev–Trinajstić information content (AvgIpc) is 3.13. The first-order valence-electron chi connectivity index (χ1n) is 8.73. The van der Waals surface area contributed by atoms with Crippen molar-refractivity contribution in [3.8, 4) is 0 Å². The average molecular weight is 387 g/mol. The molecule has 0 saturated carbocycles. The van der Waals surface area contributed by atoms with Crippen LogP contribution >= 0.6 is 11.6 Å². The summed E-state index contributed by atoms with van der Waals surface area (Å²) in [6.45, 7) is 0.481. The molecule has 2 N–H and O–H groups in total. The molecule has 27 heavy (non-hydrogen) atoms. The first kappa shape index (κ1) is 17.7. The number of nitrogens with zero attached hydrogens (tertiary/aromatic N) is 1. The number of nitrogens with one attached hydrogen (secondary N) is 1. The summed E-state index contributed by atoms with van der Waals surface area (Å²) in [5.41, 5.74) is 3.29. The predicted octanol–water partition coefficient (Wildman–Crippen LogP) is 4.33. The SMILES string of the molecule is COC(=O)c1ccc(C2Nc3ccc(Cl)cc3C3C2CCN3C(=O)O)cc1. The minimum absolute atomic E-state index is 0.0558. The van der Waals surface area contributed by atoms with Crippen molar-refractivity contribution in [2.24, 2.45) is 5.92 Å². The van der Waals surface area contributed by atoms with Crippen molar-refractivity contribution in [2.75, 3.05) is 19.0 Å². The number of carbonyl (C=O) groups is 2. The number of amides is 1. The zero-order valence-electron chi connectivity index (χ0n) is 14.7. The molecule has 1 fully saturated rings. The molecule has 140 valence electrons. The number of rotatable bonds is 2. The molecule has 1 amide bonds. The fourth-order valence-electron chi connectivity index (χ4n) is 4.24. The maximum Gasteiger partial charge on any atom is 0.407 e. The largest absolute Gasteiger partial charge is 0.465 e. The summed E-state index contributed by atoms with van der Waals surface area (Å²) in [5, 5.41) is 13.8. The first-order valence-corrected chi connectivity index (χ1v) is 9.11. The summed E-state index contributed by atoms with van der Waals surface area (Å²) >= 11 is 6.17. The number of benzene rings is 2. The summed E-state index contributed by atoms with van der Waals surface area (Å²) in [7, 11) is 1.35. The molecular formula is C20H19ClN2O4. The predicted molar refractivity (Wildman–Crippen MR) is 101 cm³/mol. The van der Waals surface area contributed by atoms with Crippen molar-refractivity contribution in [2.45, 2.75) is 18.5 Å². The van der Waals surface area contributed by atoms with Crippen LogP contribution in [0.1, 0.15) is 40.0 Å². The van der Waals surface area contributed by atoms with Crippen molar-refractivity contribution in [3.05, 3.63) is 64.2 Å². The molecule has 2 heterocycles. The van der Waals surface area contributed by atoms with Gasteiger partial charge in [0.1, 0.15) is 0 Å². The Hall–Kier alpha value is -2.73. The number of hydrogen-bond donors (Lipinski definition) is 2. The number of methoxy groups -OCH3 is 1. The van der Waals surface area contributed by atoms with Crippen molar-refractivity contribution >= 4 is 29.4 Å². The van der Waals surface area contributed by atoms with Crippen LogP contribution in [0.5, 0.6) is 0 Å². The highest BCUT2D eigenvalue weighted by Gasteiger charge is 2.46. The minimum Gasteiger partial charge on any atom is -0.465 e. The lowest BCUT2D eigenvalue weighted by atomic mass is 9.80. The van der Waals surface area contributed by atoms with Gasteiger partial charge in [0, 0.05) is 23.2 Å². The molecule has 4 rings (SSSR count). The molecule has 2 aromatic carbocycles. The van der Waals surface area contributed by atoms with Crippen LogP contribution in [0.3, 0.4) is 0 Å². The van der Waals surface area contributed by atoms with Gasteiger partial charge in [-0.15, -0.1) is 0 Å². The van der Waals surface area contributed by atoms with Crippen molar-refractivity contribution in [3.63, 3.8) is 0 Å². The van der Waals surface area contributed by atoms with E-state index >= 15 is 0 Å². The molecule has 3 unspecified atom stereocenters. The van der Waals surface area contributed by atoms with Crippen LogP contribution in [0.25, 0.3) is 0 Å². The second-order valence-corrected chi connectivity index (χ2v) is 7.28. The molecule has 1 saturated heterocycles. The molecule has 0 aliphatic carbocycles. The minimum atomic E-state index is -0.921. The van der Waals surface area contributed by atoms with Crippen molar-refractivity contribution in [1.29, 1.82) is 0 Å². The zero-order chi connectivity index (χ0) is 19.1. The van der Waals surface area contributed by atoms with E-state index in [1.165, 1.54) is 12.0 Å². The lowest BCUT2D eigenvalue weighted by molar-refractivity contribution is 0.0600. The number of esters is 1. The molecule has 0 spiro atoms. The van der Waals surface area contributed by atoms with E-state index in [1.54, 1.807) is 18.2 Å². The quantitative estimate of drug-likeness (QED) is 0.751. The van der Waals surface area contributed by atoms with E-state index < -0.39 is 6.09 Å². The molecule has 2 aliphatic rings. The van der Waals surface area contributed by atoms with Crippen molar-refractivity contribution < 1.29 is 19.4 Å². The smallest absolute Gasteiger partial charge is 0.407 e. The van der Waals surface area contributed by atoms with Gasteiger partial charge >= 0.3 is 12.1 Å². The molecule has 6 nitrogen and oxygen atoms in total. The molecule has 0 bridgehead atoms. The Morgan fingerprint density at radius 1 is 1.22 bits per heavy atom. The third kappa shape index (κ3) is 3.00. The van der Waals surface area contributed by atoms with Gasteiger partial charge in [0.25, 0.3) is 0 Å². The summed E-state index contributed by atoms with van der Waals surface area (Å²) in [5.74, 6) is -0.301. The maximum absolute atomic E-state index is 11.8. The number of ether oxygens (including phenoxy) is 1. The fourth-order valence-corrected chi connectivity index (χ4v) is 4.42. The Labute approximate surface area is 161 Å². The van der Waals surface area contributed by atoms with Gasteiger partial charge in [-0.25, -0.2) is 9.59 Å². The Bertz CT molecular complexity index is 899. The van der Waals surface area contributed by atoms with Crippen LogP contribution in [-0.2, 0) is 4.74 Å². The third-order valence-corrected chi connectivity index (χ3v) is 5.69. The second kappa shape index (κ2) is 6.78. The van der Waals surface area contributed by atoms with Crippen LogP contribution < -0.4 is 5.32 Å². The Morgan fingerprint density at radius 3 is 2.63 bits per heavy atom. The third-order valence-electron chi connectivity index (χ3n) is 5.45. The van der Waals surface area contributed by atoms with E-state index in [0.717, 1.165) is 23.2 Å². The van der Waals surface area contributed by atoms with E-state index in [4.69, 9.17) is 16.3 Å². The first-order chi connectivity index (χ1) is 13.0. The number of anilines is 1.